The first-order valence-electron chi connectivity index (χ1n) is 8.72. The molecule has 1 atom stereocenters. The van der Waals surface area contributed by atoms with Crippen LogP contribution in [-0.2, 0) is 4.79 Å². The number of nitrogens with zero attached hydrogens (tertiary/aromatic N) is 1. The van der Waals surface area contributed by atoms with Crippen LogP contribution >= 0.6 is 11.6 Å². The van der Waals surface area contributed by atoms with Gasteiger partial charge in [-0.2, -0.15) is 0 Å². The molecule has 1 fully saturated rings. The molecule has 0 saturated heterocycles. The molecule has 1 N–H and O–H groups in total. The van der Waals surface area contributed by atoms with E-state index in [4.69, 9.17) is 11.6 Å². The van der Waals surface area contributed by atoms with Crippen LogP contribution in [0.4, 0.5) is 5.69 Å². The molecule has 1 unspecified atom stereocenters. The molecule has 2 rings (SSSR count). The number of hydrogen-bond donors (Lipinski definition) is 1. The fourth-order valence-electron chi connectivity index (χ4n) is 3.65. The maximum absolute atomic E-state index is 13.1. The van der Waals surface area contributed by atoms with Gasteiger partial charge in [0.15, 0.2) is 5.54 Å². The normalized spacial score (nSPS) is 18.3. The van der Waals surface area contributed by atoms with Gasteiger partial charge in [0.25, 0.3) is 5.91 Å². The Kier molecular flexibility index (Phi) is 5.42. The van der Waals surface area contributed by atoms with Gasteiger partial charge in [0.05, 0.1) is 20.1 Å². The van der Waals surface area contributed by atoms with Crippen molar-refractivity contribution in [1.29, 1.82) is 0 Å². The average Bonchev–Trinajstić information content (AvgIpc) is 3.30. The summed E-state index contributed by atoms with van der Waals surface area (Å²) in [4.78, 5) is 13.1. The molecule has 1 saturated carbocycles. The Labute approximate surface area is 145 Å². The molecular formula is C19H30ClN2O+. The number of hydrogen-bond acceptors (Lipinski definition) is 1. The van der Waals surface area contributed by atoms with Gasteiger partial charge >= 0.3 is 0 Å². The van der Waals surface area contributed by atoms with Gasteiger partial charge in [-0.25, -0.2) is 0 Å². The highest BCUT2D eigenvalue weighted by molar-refractivity contribution is 6.30. The molecule has 1 aromatic rings. The minimum absolute atomic E-state index is 0.173. The smallest absolute Gasteiger partial charge is 0.285 e. The van der Waals surface area contributed by atoms with Crippen LogP contribution in [0.2, 0.25) is 5.02 Å². The van der Waals surface area contributed by atoms with Crippen LogP contribution in [0.25, 0.3) is 0 Å². The summed E-state index contributed by atoms with van der Waals surface area (Å²) in [6.45, 7) is 10.5. The van der Waals surface area contributed by atoms with E-state index < -0.39 is 0 Å². The van der Waals surface area contributed by atoms with E-state index >= 15 is 0 Å². The molecule has 0 spiro atoms. The van der Waals surface area contributed by atoms with Gasteiger partial charge in [-0.05, 0) is 50.5 Å². The van der Waals surface area contributed by atoms with Crippen LogP contribution in [0, 0.1) is 13.8 Å². The summed E-state index contributed by atoms with van der Waals surface area (Å²) in [6, 6.07) is 3.82. The summed E-state index contributed by atoms with van der Waals surface area (Å²) in [6.07, 6.45) is 4.30. The Morgan fingerprint density at radius 2 is 1.83 bits per heavy atom. The van der Waals surface area contributed by atoms with Crippen LogP contribution in [-0.4, -0.2) is 36.1 Å². The fourth-order valence-corrected chi connectivity index (χ4v) is 3.98. The largest absolute Gasteiger partial charge is 0.320 e. The number of quaternary nitrogens is 1. The van der Waals surface area contributed by atoms with E-state index in [2.05, 4.69) is 26.2 Å². The van der Waals surface area contributed by atoms with Crippen molar-refractivity contribution in [2.24, 2.45) is 0 Å². The van der Waals surface area contributed by atoms with Crippen molar-refractivity contribution >= 4 is 23.2 Å². The summed E-state index contributed by atoms with van der Waals surface area (Å²) in [5.41, 5.74) is 2.73. The Hall–Kier alpha value is -1.06. The van der Waals surface area contributed by atoms with Gasteiger partial charge in [0, 0.05) is 23.6 Å². The molecule has 23 heavy (non-hydrogen) atoms. The molecule has 0 bridgehead atoms. The molecule has 1 aliphatic rings. The predicted octanol–water partition coefficient (Wildman–Crippen LogP) is 4.69. The van der Waals surface area contributed by atoms with Crippen molar-refractivity contribution in [3.05, 3.63) is 28.3 Å². The van der Waals surface area contributed by atoms with Gasteiger partial charge in [-0.1, -0.05) is 24.9 Å². The number of rotatable bonds is 7. The molecule has 4 heteroatoms. The quantitative estimate of drug-likeness (QED) is 0.718. The zero-order valence-electron chi connectivity index (χ0n) is 15.1. The number of unbranched alkanes of at least 4 members (excludes halogenated alkanes) is 1. The second kappa shape index (κ2) is 6.82. The van der Waals surface area contributed by atoms with E-state index in [1.54, 1.807) is 0 Å². The lowest BCUT2D eigenvalue weighted by molar-refractivity contribution is -0.933. The minimum Gasteiger partial charge on any atom is -0.320 e. The Morgan fingerprint density at radius 1 is 1.26 bits per heavy atom. The van der Waals surface area contributed by atoms with Gasteiger partial charge in [0.2, 0.25) is 0 Å². The number of nitrogens with one attached hydrogen (secondary N) is 1. The number of benzene rings is 1. The summed E-state index contributed by atoms with van der Waals surface area (Å²) in [7, 11) is 2.24. The van der Waals surface area contributed by atoms with E-state index in [0.717, 1.165) is 52.3 Å². The van der Waals surface area contributed by atoms with Gasteiger partial charge < -0.3 is 9.80 Å². The third-order valence-corrected chi connectivity index (χ3v) is 5.84. The highest BCUT2D eigenvalue weighted by Crippen LogP contribution is 2.47. The van der Waals surface area contributed by atoms with Crippen molar-refractivity contribution in [1.82, 2.24) is 0 Å². The van der Waals surface area contributed by atoms with E-state index in [1.165, 1.54) is 12.8 Å². The van der Waals surface area contributed by atoms with E-state index in [9.17, 15) is 4.79 Å². The molecule has 3 nitrogen and oxygen atoms in total. The van der Waals surface area contributed by atoms with Crippen LogP contribution in [0.15, 0.2) is 12.1 Å². The number of halogens is 1. The molecule has 1 amide bonds. The summed E-state index contributed by atoms with van der Waals surface area (Å²) in [5.74, 6) is 0.173. The molecule has 0 aromatic heterocycles. The first kappa shape index (κ1) is 18.3. The van der Waals surface area contributed by atoms with E-state index in [1.807, 2.05) is 26.0 Å². The Bertz CT molecular complexity index is 572. The van der Waals surface area contributed by atoms with Crippen molar-refractivity contribution in [3.8, 4) is 0 Å². The highest BCUT2D eigenvalue weighted by Gasteiger charge is 2.63. The SMILES string of the molecule is CCCC[N+](C)(CC)C1(C(=O)Nc2c(C)cc(Cl)cc2C)CC1. The van der Waals surface area contributed by atoms with Crippen molar-refractivity contribution in [3.63, 3.8) is 0 Å². The number of carbonyl (C=O) groups is 1. The number of carbonyl (C=O) groups excluding carboxylic acids is 1. The second-order valence-electron chi connectivity index (χ2n) is 7.19. The standard InChI is InChI=1S/C19H29ClN2O/c1-6-8-11-22(5,7-2)19(9-10-19)18(23)21-17-14(3)12-16(20)13-15(17)4/h12-13H,6-11H2,1-5H3/p+1. The van der Waals surface area contributed by atoms with Crippen molar-refractivity contribution in [2.75, 3.05) is 25.5 Å². The minimum atomic E-state index is -0.248. The van der Waals surface area contributed by atoms with Crippen LogP contribution < -0.4 is 5.32 Å². The zero-order chi connectivity index (χ0) is 17.3. The summed E-state index contributed by atoms with van der Waals surface area (Å²) in [5, 5.41) is 3.93. The zero-order valence-corrected chi connectivity index (χ0v) is 15.9. The monoisotopic (exact) mass is 337 g/mol. The molecule has 0 aliphatic heterocycles. The van der Waals surface area contributed by atoms with Crippen molar-refractivity contribution < 1.29 is 9.28 Å². The first-order chi connectivity index (χ1) is 10.8. The lowest BCUT2D eigenvalue weighted by Crippen LogP contribution is -2.60. The maximum Gasteiger partial charge on any atom is 0.285 e. The molecule has 1 aromatic carbocycles. The first-order valence-corrected chi connectivity index (χ1v) is 9.10. The third-order valence-electron chi connectivity index (χ3n) is 5.62. The Morgan fingerprint density at radius 3 is 2.26 bits per heavy atom. The van der Waals surface area contributed by atoms with Gasteiger partial charge in [-0.15, -0.1) is 0 Å². The van der Waals surface area contributed by atoms with Crippen LogP contribution in [0.5, 0.6) is 0 Å². The van der Waals surface area contributed by atoms with Crippen LogP contribution in [0.1, 0.15) is 50.7 Å². The van der Waals surface area contributed by atoms with Crippen LogP contribution in [0.3, 0.4) is 0 Å². The number of amides is 1. The fraction of sp³-hybridized carbons (Fsp3) is 0.632. The number of anilines is 1. The lowest BCUT2D eigenvalue weighted by Gasteiger charge is -2.41. The molecule has 0 heterocycles. The third kappa shape index (κ3) is 3.41. The molecule has 1 aliphatic carbocycles. The van der Waals surface area contributed by atoms with Crippen molar-refractivity contribution in [2.45, 2.75) is 58.9 Å². The topological polar surface area (TPSA) is 29.1 Å². The number of likely N-dealkylation sites (N-methyl/N-ethyl adjacent to an activating group) is 1. The maximum atomic E-state index is 13.1. The predicted molar refractivity (Wildman–Crippen MR) is 98.0 cm³/mol. The second-order valence-corrected chi connectivity index (χ2v) is 7.63. The Balaban J connectivity index is 2.23. The molecular weight excluding hydrogens is 308 g/mol. The lowest BCUT2D eigenvalue weighted by atomic mass is 10.1. The summed E-state index contributed by atoms with van der Waals surface area (Å²) >= 11 is 6.10. The average molecular weight is 338 g/mol. The number of aryl methyl sites for hydroxylation is 2. The van der Waals surface area contributed by atoms with E-state index in [0.29, 0.717) is 0 Å². The van der Waals surface area contributed by atoms with Gasteiger partial charge in [-0.3, -0.25) is 4.79 Å². The summed E-state index contributed by atoms with van der Waals surface area (Å²) < 4.78 is 0.846. The molecule has 128 valence electrons. The van der Waals surface area contributed by atoms with Gasteiger partial charge in [0.1, 0.15) is 0 Å². The van der Waals surface area contributed by atoms with E-state index in [-0.39, 0.29) is 11.4 Å². The molecule has 0 radical (unpaired) electrons. The highest BCUT2D eigenvalue weighted by atomic mass is 35.5.